The number of hydrogen-bond donors (Lipinski definition) is 4. The zero-order valence-corrected chi connectivity index (χ0v) is 23.3. The summed E-state index contributed by atoms with van der Waals surface area (Å²) in [5.41, 5.74) is 1.91. The van der Waals surface area contributed by atoms with Crippen LogP contribution in [0.15, 0.2) is 54.1 Å². The van der Waals surface area contributed by atoms with Crippen LogP contribution in [0.2, 0.25) is 5.02 Å². The molecule has 3 aromatic rings. The number of alkyl halides is 3. The van der Waals surface area contributed by atoms with Gasteiger partial charge < -0.3 is 21.1 Å². The molecule has 0 saturated carbocycles. The van der Waals surface area contributed by atoms with Gasteiger partial charge in [0.05, 0.1) is 27.7 Å². The summed E-state index contributed by atoms with van der Waals surface area (Å²) in [5, 5.41) is 17.6. The Morgan fingerprint density at radius 3 is 2.45 bits per heavy atom. The van der Waals surface area contributed by atoms with Gasteiger partial charge in [0.1, 0.15) is 10.8 Å². The fourth-order valence-corrected chi connectivity index (χ4v) is 4.92. The molecule has 0 unspecified atom stereocenters. The minimum Gasteiger partial charge on any atom is -0.506 e. The third-order valence-corrected chi connectivity index (χ3v) is 8.16. The van der Waals surface area contributed by atoms with E-state index in [2.05, 4.69) is 27.2 Å². The summed E-state index contributed by atoms with van der Waals surface area (Å²) in [6.07, 6.45) is -3.73. The monoisotopic (exact) mass is 597 g/mol. The topological polar surface area (TPSA) is 133 Å². The van der Waals surface area contributed by atoms with Gasteiger partial charge in [-0.2, -0.15) is 18.2 Å². The standard InChI is InChI=1S/C26H27ClF3N5O4S/c1-14(2)17-12-21(36)20(11-16(17)9-10-31-24(37)26(28,29)30)34-25-32-13-18(27)23(35-25)33-19-7-5-6-8-22(19)40(38,39)15(3)4/h5-8,11-13,15,36H,1,9-10H2,2-4H3,(H,31,37)(H2,32,33,34,35). The van der Waals surface area contributed by atoms with Gasteiger partial charge in [-0.25, -0.2) is 13.4 Å². The Morgan fingerprint density at radius 2 is 1.82 bits per heavy atom. The van der Waals surface area contributed by atoms with Crippen molar-refractivity contribution in [3.05, 3.63) is 65.3 Å². The van der Waals surface area contributed by atoms with Gasteiger partial charge in [-0.1, -0.05) is 35.9 Å². The van der Waals surface area contributed by atoms with E-state index in [1.807, 2.05) is 5.32 Å². The Morgan fingerprint density at radius 1 is 1.15 bits per heavy atom. The number of hydrogen-bond acceptors (Lipinski definition) is 8. The molecule has 0 fully saturated rings. The Balaban J connectivity index is 1.90. The molecule has 0 spiro atoms. The molecular weight excluding hydrogens is 571 g/mol. The molecule has 1 heterocycles. The molecule has 1 amide bonds. The number of sulfone groups is 1. The summed E-state index contributed by atoms with van der Waals surface area (Å²) in [7, 11) is -3.64. The number of carbonyl (C=O) groups excluding carboxylic acids is 1. The predicted octanol–water partition coefficient (Wildman–Crippen LogP) is 5.76. The molecule has 3 rings (SSSR count). The fourth-order valence-electron chi connectivity index (χ4n) is 3.58. The first-order valence-electron chi connectivity index (χ1n) is 11.9. The Kier molecular flexibility index (Phi) is 9.31. The average molecular weight is 598 g/mol. The van der Waals surface area contributed by atoms with Crippen molar-refractivity contribution in [2.45, 2.75) is 43.5 Å². The van der Waals surface area contributed by atoms with Crippen LogP contribution in [-0.4, -0.2) is 47.4 Å². The van der Waals surface area contributed by atoms with Crippen LogP contribution in [0, 0.1) is 0 Å². The van der Waals surface area contributed by atoms with Crippen LogP contribution in [0.4, 0.5) is 36.3 Å². The van der Waals surface area contributed by atoms with E-state index >= 15 is 0 Å². The van der Waals surface area contributed by atoms with E-state index in [-0.39, 0.29) is 51.8 Å². The van der Waals surface area contributed by atoms with Gasteiger partial charge in [0.25, 0.3) is 0 Å². The zero-order valence-electron chi connectivity index (χ0n) is 21.7. The van der Waals surface area contributed by atoms with Crippen molar-refractivity contribution in [3.63, 3.8) is 0 Å². The molecule has 14 heteroatoms. The first-order chi connectivity index (χ1) is 18.6. The van der Waals surface area contributed by atoms with Crippen molar-refractivity contribution in [3.8, 4) is 5.75 Å². The van der Waals surface area contributed by atoms with Crippen LogP contribution >= 0.6 is 11.6 Å². The van der Waals surface area contributed by atoms with E-state index in [1.54, 1.807) is 39.0 Å². The molecule has 9 nitrogen and oxygen atoms in total. The maximum Gasteiger partial charge on any atom is 0.471 e. The molecule has 0 bridgehead atoms. The number of phenolic OH excluding ortho intramolecular Hbond substituents is 1. The number of aromatic nitrogens is 2. The predicted molar refractivity (Wildman–Crippen MR) is 148 cm³/mol. The lowest BCUT2D eigenvalue weighted by Crippen LogP contribution is -2.37. The summed E-state index contributed by atoms with van der Waals surface area (Å²) in [6, 6.07) is 9.13. The number of allylic oxidation sites excluding steroid dienone is 1. The lowest BCUT2D eigenvalue weighted by Gasteiger charge is -2.17. The lowest BCUT2D eigenvalue weighted by molar-refractivity contribution is -0.173. The quantitative estimate of drug-likeness (QED) is 0.217. The molecule has 0 radical (unpaired) electrons. The number of nitrogens with zero attached hydrogens (tertiary/aromatic N) is 2. The van der Waals surface area contributed by atoms with Crippen LogP contribution < -0.4 is 16.0 Å². The van der Waals surface area contributed by atoms with E-state index in [9.17, 15) is 31.5 Å². The summed E-state index contributed by atoms with van der Waals surface area (Å²) in [6.45, 7) is 8.31. The second-order valence-electron chi connectivity index (χ2n) is 9.04. The van der Waals surface area contributed by atoms with Gasteiger partial charge in [-0.3, -0.25) is 4.79 Å². The van der Waals surface area contributed by atoms with E-state index in [4.69, 9.17) is 11.6 Å². The molecule has 214 valence electrons. The maximum atomic E-state index is 12.8. The fraction of sp³-hybridized carbons (Fsp3) is 0.269. The second kappa shape index (κ2) is 12.1. The number of rotatable bonds is 10. The molecule has 4 N–H and O–H groups in total. The maximum absolute atomic E-state index is 12.8. The highest BCUT2D eigenvalue weighted by Gasteiger charge is 2.38. The Hall–Kier alpha value is -3.84. The zero-order chi connectivity index (χ0) is 29.8. The number of aromatic hydroxyl groups is 1. The highest BCUT2D eigenvalue weighted by Crippen LogP contribution is 2.34. The van der Waals surface area contributed by atoms with E-state index in [0.29, 0.717) is 16.7 Å². The molecular formula is C26H27ClF3N5O4S. The average Bonchev–Trinajstić information content (AvgIpc) is 2.87. The number of para-hydroxylation sites is 1. The van der Waals surface area contributed by atoms with Gasteiger partial charge in [0.2, 0.25) is 5.95 Å². The van der Waals surface area contributed by atoms with Gasteiger partial charge in [0, 0.05) is 6.54 Å². The largest absolute Gasteiger partial charge is 0.506 e. The van der Waals surface area contributed by atoms with Gasteiger partial charge >= 0.3 is 12.1 Å². The Bertz CT molecular complexity index is 1550. The first-order valence-corrected chi connectivity index (χ1v) is 13.8. The first kappa shape index (κ1) is 30.7. The highest BCUT2D eigenvalue weighted by atomic mass is 35.5. The van der Waals surface area contributed by atoms with Crippen LogP contribution in [0.5, 0.6) is 5.75 Å². The van der Waals surface area contributed by atoms with Crippen molar-refractivity contribution in [2.24, 2.45) is 0 Å². The van der Waals surface area contributed by atoms with Gasteiger partial charge in [0.15, 0.2) is 15.7 Å². The molecule has 0 saturated heterocycles. The van der Waals surface area contributed by atoms with E-state index in [0.717, 1.165) is 0 Å². The molecule has 0 atom stereocenters. The number of amides is 1. The minimum absolute atomic E-state index is 0.00830. The number of halogens is 4. The third kappa shape index (κ3) is 7.21. The van der Waals surface area contributed by atoms with Crippen LogP contribution in [0.25, 0.3) is 5.57 Å². The number of phenols is 1. The van der Waals surface area contributed by atoms with Crippen molar-refractivity contribution in [2.75, 3.05) is 17.2 Å². The SMILES string of the molecule is C=C(C)c1cc(O)c(Nc2ncc(Cl)c(Nc3ccccc3S(=O)(=O)C(C)C)n2)cc1CCNC(=O)C(F)(F)F. The van der Waals surface area contributed by atoms with Crippen molar-refractivity contribution >= 4 is 56.1 Å². The normalized spacial score (nSPS) is 11.8. The number of carbonyl (C=O) groups is 1. The van der Waals surface area contributed by atoms with Crippen LogP contribution in [0.1, 0.15) is 31.9 Å². The van der Waals surface area contributed by atoms with E-state index in [1.165, 1.54) is 24.4 Å². The van der Waals surface area contributed by atoms with Gasteiger partial charge in [-0.15, -0.1) is 0 Å². The van der Waals surface area contributed by atoms with Crippen molar-refractivity contribution in [1.82, 2.24) is 15.3 Å². The number of benzene rings is 2. The summed E-state index contributed by atoms with van der Waals surface area (Å²) < 4.78 is 63.2. The summed E-state index contributed by atoms with van der Waals surface area (Å²) in [5.74, 6) is -2.22. The van der Waals surface area contributed by atoms with Gasteiger partial charge in [-0.05, 0) is 62.6 Å². The van der Waals surface area contributed by atoms with E-state index < -0.39 is 27.2 Å². The smallest absolute Gasteiger partial charge is 0.471 e. The van der Waals surface area contributed by atoms with Crippen LogP contribution in [-0.2, 0) is 21.1 Å². The number of nitrogens with one attached hydrogen (secondary N) is 3. The third-order valence-electron chi connectivity index (χ3n) is 5.68. The second-order valence-corrected chi connectivity index (χ2v) is 11.9. The molecule has 0 aliphatic heterocycles. The molecule has 40 heavy (non-hydrogen) atoms. The summed E-state index contributed by atoms with van der Waals surface area (Å²) in [4.78, 5) is 19.6. The highest BCUT2D eigenvalue weighted by molar-refractivity contribution is 7.92. The molecule has 0 aliphatic rings. The minimum atomic E-state index is -5.00. The van der Waals surface area contributed by atoms with Crippen molar-refractivity contribution < 1.29 is 31.5 Å². The number of anilines is 4. The van der Waals surface area contributed by atoms with Crippen LogP contribution in [0.3, 0.4) is 0 Å². The summed E-state index contributed by atoms with van der Waals surface area (Å²) >= 11 is 6.27. The Labute approximate surface area is 234 Å². The molecule has 2 aromatic carbocycles. The molecule has 1 aromatic heterocycles. The lowest BCUT2D eigenvalue weighted by atomic mass is 9.98. The van der Waals surface area contributed by atoms with Crippen molar-refractivity contribution in [1.29, 1.82) is 0 Å². The molecule has 0 aliphatic carbocycles.